The van der Waals surface area contributed by atoms with Gasteiger partial charge in [-0.15, -0.1) is 20.5 Å². The van der Waals surface area contributed by atoms with Crippen LogP contribution in [0, 0.1) is 41.3 Å². The van der Waals surface area contributed by atoms with Gasteiger partial charge in [-0.25, -0.2) is 47.2 Å². The van der Waals surface area contributed by atoms with Gasteiger partial charge in [0.1, 0.15) is 22.8 Å². The van der Waals surface area contributed by atoms with Crippen molar-refractivity contribution in [3.05, 3.63) is 155 Å². The van der Waals surface area contributed by atoms with E-state index in [0.29, 0.717) is 45.6 Å². The molecule has 6 aromatic heterocycles. The zero-order chi connectivity index (χ0) is 36.9. The Labute approximate surface area is 303 Å². The molecule has 0 saturated carbocycles. The third-order valence-corrected chi connectivity index (χ3v) is 5.84. The molecule has 0 aliphatic rings. The molecule has 0 unspecified atom stereocenters. The minimum Gasteiger partial charge on any atom is -0.618 e. The molecule has 0 aromatic carbocycles. The Bertz CT molecular complexity index is 1730. The summed E-state index contributed by atoms with van der Waals surface area (Å²) in [6.45, 7) is 0. The third-order valence-electron chi connectivity index (χ3n) is 5.84. The molecule has 1 radical (unpaired) electrons. The minimum atomic E-state index is -4.94. The fourth-order valence-corrected chi connectivity index (χ4v) is 3.95. The fraction of sp³-hybridized carbons (Fsp3) is 0. The van der Waals surface area contributed by atoms with E-state index < -0.39 is 20.5 Å². The van der Waals surface area contributed by atoms with Crippen LogP contribution in [0.15, 0.2) is 134 Å². The number of nitrogens with zero attached hydrogens (tertiary/aromatic N) is 6. The van der Waals surface area contributed by atoms with Crippen LogP contribution >= 0.6 is 0 Å². The summed E-state index contributed by atoms with van der Waals surface area (Å²) >= 11 is 0. The second-order valence-electron chi connectivity index (χ2n) is 9.22. The number of hydrogen-bond acceptors (Lipinski definition) is 14. The van der Waals surface area contributed by atoms with Gasteiger partial charge in [0.15, 0.2) is 24.8 Å². The molecule has 18 nitrogen and oxygen atoms in total. The van der Waals surface area contributed by atoms with Crippen LogP contribution in [-0.2, 0) is 17.1 Å². The Morgan fingerprint density at radius 1 is 0.333 bits per heavy atom. The summed E-state index contributed by atoms with van der Waals surface area (Å²) in [6, 6.07) is 31.0. The molecule has 0 amide bonds. The maximum atomic E-state index is 11.7. The van der Waals surface area contributed by atoms with Crippen molar-refractivity contribution in [3.8, 4) is 45.6 Å². The molecule has 269 valence electrons. The number of rotatable bonds is 4. The predicted molar refractivity (Wildman–Crippen MR) is 146 cm³/mol. The predicted octanol–water partition coefficient (Wildman–Crippen LogP) is -6.15. The SMILES string of the molecule is [Cu+2].[O-][Cl+3]([O-])([O-])[O-].[O-][Cl+3]([O-])([O-])[O-].[O-][n+]1ccccc1-c1cccc(-c2cccc[n+]2[O-])n1.[O-][n+]1ccccc1-c1cccc(-c2cccc[n+]2[O-])n1. The Morgan fingerprint density at radius 2 is 0.529 bits per heavy atom. The Balaban J connectivity index is 0.000000276. The summed E-state index contributed by atoms with van der Waals surface area (Å²) in [4.78, 5) is 8.79. The molecular formula is C30H22Cl2CuN6O12. The maximum Gasteiger partial charge on any atom is 2.00 e. The van der Waals surface area contributed by atoms with Crippen LogP contribution in [0.3, 0.4) is 0 Å². The smallest absolute Gasteiger partial charge is 0.618 e. The minimum absolute atomic E-state index is 0. The van der Waals surface area contributed by atoms with Crippen molar-refractivity contribution in [2.24, 2.45) is 0 Å². The van der Waals surface area contributed by atoms with E-state index in [1.807, 2.05) is 0 Å². The first-order valence-electron chi connectivity index (χ1n) is 13.4. The molecular weight excluding hydrogens is 771 g/mol. The van der Waals surface area contributed by atoms with Crippen molar-refractivity contribution in [1.29, 1.82) is 0 Å². The van der Waals surface area contributed by atoms with Crippen molar-refractivity contribution < 1.29 is 93.7 Å². The Hall–Kier alpha value is -5.12. The first kappa shape index (κ1) is 42.0. The molecule has 6 aromatic rings. The van der Waals surface area contributed by atoms with Crippen LogP contribution in [0.25, 0.3) is 45.6 Å². The molecule has 0 saturated heterocycles. The van der Waals surface area contributed by atoms with Crippen molar-refractivity contribution >= 4 is 0 Å². The molecule has 0 spiro atoms. The van der Waals surface area contributed by atoms with Crippen molar-refractivity contribution in [2.45, 2.75) is 0 Å². The second-order valence-corrected chi connectivity index (χ2v) is 10.7. The van der Waals surface area contributed by atoms with Gasteiger partial charge < -0.3 is 20.8 Å². The van der Waals surface area contributed by atoms with E-state index in [4.69, 9.17) is 37.3 Å². The summed E-state index contributed by atoms with van der Waals surface area (Å²) < 4.78 is 71.0. The largest absolute Gasteiger partial charge is 2.00 e. The first-order chi connectivity index (χ1) is 23.5. The normalized spacial score (nSPS) is 10.5. The van der Waals surface area contributed by atoms with Gasteiger partial charge in [-0.2, -0.15) is 18.9 Å². The summed E-state index contributed by atoms with van der Waals surface area (Å²) in [5, 5.41) is 47.0. The van der Waals surface area contributed by atoms with E-state index in [1.54, 1.807) is 109 Å². The van der Waals surface area contributed by atoms with E-state index in [-0.39, 0.29) is 17.1 Å². The third kappa shape index (κ3) is 14.7. The van der Waals surface area contributed by atoms with E-state index >= 15 is 0 Å². The van der Waals surface area contributed by atoms with Crippen molar-refractivity contribution in [3.63, 3.8) is 0 Å². The molecule has 6 rings (SSSR count). The number of pyridine rings is 6. The maximum absolute atomic E-state index is 11.7. The fourth-order valence-electron chi connectivity index (χ4n) is 3.95. The molecule has 51 heavy (non-hydrogen) atoms. The quantitative estimate of drug-likeness (QED) is 0.0911. The summed E-state index contributed by atoms with van der Waals surface area (Å²) in [6.07, 6.45) is 5.67. The van der Waals surface area contributed by atoms with E-state index in [0.717, 1.165) is 18.9 Å². The average molecular weight is 793 g/mol. The molecule has 0 fully saturated rings. The van der Waals surface area contributed by atoms with Gasteiger partial charge in [-0.05, 0) is 48.5 Å². The van der Waals surface area contributed by atoms with Crippen LogP contribution < -0.4 is 56.2 Å². The molecule has 0 aliphatic carbocycles. The van der Waals surface area contributed by atoms with Crippen LogP contribution in [0.2, 0.25) is 0 Å². The molecule has 0 N–H and O–H groups in total. The average Bonchev–Trinajstić information content (AvgIpc) is 3.05. The summed E-state index contributed by atoms with van der Waals surface area (Å²) in [5.74, 6) is 0. The number of aromatic nitrogens is 6. The Kier molecular flexibility index (Phi) is 15.9. The second kappa shape index (κ2) is 19.3. The van der Waals surface area contributed by atoms with Crippen LogP contribution in [0.5, 0.6) is 0 Å². The topological polar surface area (TPSA) is 318 Å². The molecule has 0 atom stereocenters. The van der Waals surface area contributed by atoms with Gasteiger partial charge >= 0.3 is 17.1 Å². The molecule has 0 bridgehead atoms. The Morgan fingerprint density at radius 3 is 0.706 bits per heavy atom. The van der Waals surface area contributed by atoms with E-state index in [1.165, 1.54) is 24.8 Å². The number of halogens is 2. The summed E-state index contributed by atoms with van der Waals surface area (Å²) in [5.41, 5.74) is 3.91. The first-order valence-corrected chi connectivity index (χ1v) is 15.9. The van der Waals surface area contributed by atoms with E-state index in [2.05, 4.69) is 9.97 Å². The van der Waals surface area contributed by atoms with Gasteiger partial charge in [-0.3, -0.25) is 0 Å². The molecule has 6 heterocycles. The van der Waals surface area contributed by atoms with Gasteiger partial charge in [0.2, 0.25) is 22.8 Å². The summed E-state index contributed by atoms with van der Waals surface area (Å²) in [7, 11) is -9.89. The van der Waals surface area contributed by atoms with Gasteiger partial charge in [0.25, 0.3) is 0 Å². The van der Waals surface area contributed by atoms with Crippen molar-refractivity contribution in [1.82, 2.24) is 9.97 Å². The van der Waals surface area contributed by atoms with Gasteiger partial charge in [0, 0.05) is 48.5 Å². The zero-order valence-electron chi connectivity index (χ0n) is 25.3. The van der Waals surface area contributed by atoms with Crippen molar-refractivity contribution in [2.75, 3.05) is 0 Å². The molecule has 21 heteroatoms. The monoisotopic (exact) mass is 791 g/mol. The van der Waals surface area contributed by atoms with Crippen LogP contribution in [0.1, 0.15) is 0 Å². The van der Waals surface area contributed by atoms with Gasteiger partial charge in [0.05, 0.1) is 0 Å². The molecule has 0 aliphatic heterocycles. The zero-order valence-corrected chi connectivity index (χ0v) is 27.8. The number of hydrogen-bond donors (Lipinski definition) is 0. The standard InChI is InChI=1S/2C15H11N3O2.2ClHO4.Cu/c2*19-17-10-3-1-8-14(17)12-6-5-7-13(16-12)15-9-2-4-11-18(15)20;2*2-1(3,4)5;/h2*1-11H;2*(H,2,3,4,5);/q;;;;+2/p-2. The van der Waals surface area contributed by atoms with Crippen LogP contribution in [0.4, 0.5) is 0 Å². The van der Waals surface area contributed by atoms with Gasteiger partial charge in [-0.1, -0.05) is 12.1 Å². The van der Waals surface area contributed by atoms with Crippen LogP contribution in [-0.4, -0.2) is 9.97 Å². The van der Waals surface area contributed by atoms with E-state index in [9.17, 15) is 20.8 Å².